The van der Waals surface area contributed by atoms with E-state index in [1.54, 1.807) is 18.2 Å². The highest BCUT2D eigenvalue weighted by molar-refractivity contribution is 6.37. The number of carboxylic acids is 1. The Bertz CT molecular complexity index is 813. The van der Waals surface area contributed by atoms with E-state index in [1.807, 2.05) is 6.92 Å². The second-order valence-corrected chi connectivity index (χ2v) is 6.73. The summed E-state index contributed by atoms with van der Waals surface area (Å²) in [4.78, 5) is 29.3. The van der Waals surface area contributed by atoms with Crippen molar-refractivity contribution in [2.45, 2.75) is 32.7 Å². The van der Waals surface area contributed by atoms with Gasteiger partial charge in [-0.1, -0.05) is 36.2 Å². The van der Waals surface area contributed by atoms with E-state index in [-0.39, 0.29) is 5.82 Å². The second kappa shape index (κ2) is 7.01. The van der Waals surface area contributed by atoms with Crippen LogP contribution >= 0.6 is 23.2 Å². The van der Waals surface area contributed by atoms with Gasteiger partial charge in [0.05, 0.1) is 10.0 Å². The van der Waals surface area contributed by atoms with Crippen molar-refractivity contribution in [3.63, 3.8) is 0 Å². The van der Waals surface area contributed by atoms with Gasteiger partial charge in [-0.05, 0) is 26.0 Å². The smallest absolute Gasteiger partial charge is 0.329 e. The molecule has 1 aromatic carbocycles. The molecule has 1 heterocycles. The van der Waals surface area contributed by atoms with Crippen molar-refractivity contribution in [3.05, 3.63) is 39.9 Å². The number of carbonyl (C=O) groups is 2. The maximum absolute atomic E-state index is 12.6. The molecule has 0 spiro atoms. The first kappa shape index (κ1) is 19.2. The van der Waals surface area contributed by atoms with Crippen molar-refractivity contribution in [1.29, 1.82) is 0 Å². The third kappa shape index (κ3) is 3.48. The Hall–Kier alpha value is -2.12. The van der Waals surface area contributed by atoms with Crippen molar-refractivity contribution in [2.75, 3.05) is 7.05 Å². The van der Waals surface area contributed by atoms with Gasteiger partial charge in [0.25, 0.3) is 5.91 Å². The third-order valence-corrected chi connectivity index (χ3v) is 4.61. The number of aliphatic carboxylic acids is 1. The molecule has 0 unspecified atom stereocenters. The molecule has 0 aliphatic carbocycles. The average Bonchev–Trinajstić information content (AvgIpc) is 2.97. The molecule has 1 amide bonds. The first-order valence-electron chi connectivity index (χ1n) is 7.53. The van der Waals surface area contributed by atoms with Gasteiger partial charge in [0, 0.05) is 13.5 Å². The first-order chi connectivity index (χ1) is 11.6. The van der Waals surface area contributed by atoms with E-state index in [2.05, 4.69) is 10.1 Å². The van der Waals surface area contributed by atoms with Crippen LogP contribution in [0, 0.1) is 0 Å². The molecular formula is C16H18Cl2N4O3. The number of benzene rings is 1. The summed E-state index contributed by atoms with van der Waals surface area (Å²) in [7, 11) is 1.39. The minimum atomic E-state index is -1.41. The van der Waals surface area contributed by atoms with Crippen LogP contribution in [0.25, 0.3) is 5.69 Å². The van der Waals surface area contributed by atoms with Gasteiger partial charge >= 0.3 is 5.97 Å². The first-order valence-corrected chi connectivity index (χ1v) is 8.28. The van der Waals surface area contributed by atoms with Crippen molar-refractivity contribution < 1.29 is 14.7 Å². The molecule has 0 saturated heterocycles. The number of para-hydroxylation sites is 1. The maximum atomic E-state index is 12.6. The summed E-state index contributed by atoms with van der Waals surface area (Å²) >= 11 is 12.4. The number of aromatic nitrogens is 3. The lowest BCUT2D eigenvalue weighted by Gasteiger charge is -2.30. The van der Waals surface area contributed by atoms with E-state index in [1.165, 1.54) is 25.6 Å². The second-order valence-electron chi connectivity index (χ2n) is 5.92. The average molecular weight is 385 g/mol. The molecule has 0 fully saturated rings. The Labute approximate surface area is 155 Å². The zero-order valence-corrected chi connectivity index (χ0v) is 15.8. The van der Waals surface area contributed by atoms with E-state index < -0.39 is 17.4 Å². The summed E-state index contributed by atoms with van der Waals surface area (Å²) in [5.74, 6) is -1.37. The van der Waals surface area contributed by atoms with Crippen molar-refractivity contribution in [2.24, 2.45) is 0 Å². The number of halogens is 2. The Kier molecular flexibility index (Phi) is 5.39. The van der Waals surface area contributed by atoms with E-state index in [4.69, 9.17) is 23.2 Å². The molecule has 1 aromatic heterocycles. The van der Waals surface area contributed by atoms with Crippen LogP contribution in [0.15, 0.2) is 18.2 Å². The lowest BCUT2D eigenvalue weighted by atomic mass is 10.0. The highest BCUT2D eigenvalue weighted by Crippen LogP contribution is 2.29. The van der Waals surface area contributed by atoms with Crippen LogP contribution in [0.5, 0.6) is 0 Å². The van der Waals surface area contributed by atoms with Crippen LogP contribution in [-0.2, 0) is 11.2 Å². The molecule has 2 rings (SSSR count). The third-order valence-electron chi connectivity index (χ3n) is 4.00. The van der Waals surface area contributed by atoms with Gasteiger partial charge in [-0.2, -0.15) is 0 Å². The lowest BCUT2D eigenvalue weighted by molar-refractivity contribution is -0.147. The minimum Gasteiger partial charge on any atom is -0.480 e. The van der Waals surface area contributed by atoms with Crippen LogP contribution in [0.3, 0.4) is 0 Å². The standard InChI is InChI=1S/C16H18Cl2N4O3/c1-5-11-19-13(14(23)21(4)16(2,3)15(24)25)20-22(11)12-9(17)7-6-8-10(12)18/h6-8H,5H2,1-4H3,(H,24,25). The molecule has 0 atom stereocenters. The van der Waals surface area contributed by atoms with Crippen LogP contribution in [0.2, 0.25) is 10.0 Å². The van der Waals surface area contributed by atoms with Crippen LogP contribution in [-0.4, -0.2) is 49.2 Å². The number of hydrogen-bond acceptors (Lipinski definition) is 4. The monoisotopic (exact) mass is 384 g/mol. The van der Waals surface area contributed by atoms with E-state index in [0.29, 0.717) is 28.0 Å². The van der Waals surface area contributed by atoms with E-state index in [0.717, 1.165) is 4.90 Å². The molecule has 0 saturated carbocycles. The highest BCUT2D eigenvalue weighted by atomic mass is 35.5. The summed E-state index contributed by atoms with van der Waals surface area (Å²) in [6, 6.07) is 5.02. The van der Waals surface area contributed by atoms with Gasteiger partial charge < -0.3 is 10.0 Å². The van der Waals surface area contributed by atoms with Crippen molar-refractivity contribution >= 4 is 35.1 Å². The molecule has 0 aliphatic heterocycles. The molecule has 25 heavy (non-hydrogen) atoms. The molecule has 7 nitrogen and oxygen atoms in total. The Morgan fingerprint density at radius 1 is 1.28 bits per heavy atom. The number of carbonyl (C=O) groups excluding carboxylic acids is 1. The Morgan fingerprint density at radius 2 is 1.84 bits per heavy atom. The SMILES string of the molecule is CCc1nc(C(=O)N(C)C(C)(C)C(=O)O)nn1-c1c(Cl)cccc1Cl. The highest BCUT2D eigenvalue weighted by Gasteiger charge is 2.37. The number of hydrogen-bond donors (Lipinski definition) is 1. The lowest BCUT2D eigenvalue weighted by Crippen LogP contribution is -2.51. The number of amides is 1. The van der Waals surface area contributed by atoms with Crippen LogP contribution < -0.4 is 0 Å². The van der Waals surface area contributed by atoms with Gasteiger partial charge in [0.15, 0.2) is 0 Å². The maximum Gasteiger partial charge on any atom is 0.329 e. The summed E-state index contributed by atoms with van der Waals surface area (Å²) in [5, 5.41) is 14.2. The number of carboxylic acid groups (broad SMARTS) is 1. The topological polar surface area (TPSA) is 88.3 Å². The molecule has 9 heteroatoms. The Morgan fingerprint density at radius 3 is 2.32 bits per heavy atom. The van der Waals surface area contributed by atoms with Gasteiger partial charge in [0.2, 0.25) is 5.82 Å². The van der Waals surface area contributed by atoms with Gasteiger partial charge in [-0.15, -0.1) is 5.10 Å². The zero-order valence-electron chi connectivity index (χ0n) is 14.2. The molecule has 0 bridgehead atoms. The fourth-order valence-electron chi connectivity index (χ4n) is 2.08. The Balaban J connectivity index is 2.52. The van der Waals surface area contributed by atoms with Crippen molar-refractivity contribution in [1.82, 2.24) is 19.7 Å². The summed E-state index contributed by atoms with van der Waals surface area (Å²) in [6.07, 6.45) is 0.480. The largest absolute Gasteiger partial charge is 0.480 e. The van der Waals surface area contributed by atoms with Crippen molar-refractivity contribution in [3.8, 4) is 5.69 Å². The molecule has 2 aromatic rings. The molecule has 134 valence electrons. The van der Waals surface area contributed by atoms with E-state index >= 15 is 0 Å². The van der Waals surface area contributed by atoms with Gasteiger partial charge in [-0.3, -0.25) is 4.79 Å². The predicted molar refractivity (Wildman–Crippen MR) is 94.6 cm³/mol. The molecular weight excluding hydrogens is 367 g/mol. The minimum absolute atomic E-state index is 0.121. The quantitative estimate of drug-likeness (QED) is 0.855. The zero-order chi connectivity index (χ0) is 18.9. The van der Waals surface area contributed by atoms with E-state index in [9.17, 15) is 14.7 Å². The molecule has 0 radical (unpaired) electrons. The number of nitrogens with zero attached hydrogens (tertiary/aromatic N) is 4. The van der Waals surface area contributed by atoms with Gasteiger partial charge in [-0.25, -0.2) is 14.5 Å². The number of aryl methyl sites for hydroxylation is 1. The summed E-state index contributed by atoms with van der Waals surface area (Å²) in [6.45, 7) is 4.70. The fourth-order valence-corrected chi connectivity index (χ4v) is 2.64. The molecule has 1 N–H and O–H groups in total. The van der Waals surface area contributed by atoms with Gasteiger partial charge in [0.1, 0.15) is 17.1 Å². The normalized spacial score (nSPS) is 11.4. The van der Waals surface area contributed by atoms with Crippen LogP contribution in [0.1, 0.15) is 37.2 Å². The summed E-state index contributed by atoms with van der Waals surface area (Å²) in [5.41, 5.74) is -0.980. The summed E-state index contributed by atoms with van der Waals surface area (Å²) < 4.78 is 1.42. The predicted octanol–water partition coefficient (Wildman–Crippen LogP) is 3.07. The van der Waals surface area contributed by atoms with Crippen LogP contribution in [0.4, 0.5) is 0 Å². The molecule has 0 aliphatic rings. The fraction of sp³-hybridized carbons (Fsp3) is 0.375. The number of likely N-dealkylation sites (N-methyl/N-ethyl adjacent to an activating group) is 1. The number of rotatable bonds is 5.